The minimum Gasteiger partial charge on any atom is -0.480 e. The van der Waals surface area contributed by atoms with E-state index >= 15 is 0 Å². The number of nitrogens with zero attached hydrogens (tertiary/aromatic N) is 3. The fraction of sp³-hybridized carbons (Fsp3) is 0.389. The largest absolute Gasteiger partial charge is 0.480 e. The van der Waals surface area contributed by atoms with Gasteiger partial charge >= 0.3 is 5.97 Å². The molecular formula is C18H24N4O3. The van der Waals surface area contributed by atoms with Crippen LogP contribution >= 0.6 is 0 Å². The van der Waals surface area contributed by atoms with Crippen LogP contribution in [0.2, 0.25) is 0 Å². The summed E-state index contributed by atoms with van der Waals surface area (Å²) in [6, 6.07) is 9.83. The molecule has 0 saturated heterocycles. The van der Waals surface area contributed by atoms with Crippen molar-refractivity contribution in [3.63, 3.8) is 0 Å². The summed E-state index contributed by atoms with van der Waals surface area (Å²) in [4.78, 5) is 24.7. The Kier molecular flexibility index (Phi) is 6.71. The van der Waals surface area contributed by atoms with Gasteiger partial charge in [-0.15, -0.1) is 0 Å². The molecule has 134 valence electrons. The van der Waals surface area contributed by atoms with E-state index in [0.717, 1.165) is 12.0 Å². The van der Waals surface area contributed by atoms with Crippen LogP contribution in [0.3, 0.4) is 0 Å². The van der Waals surface area contributed by atoms with Gasteiger partial charge in [0.15, 0.2) is 0 Å². The summed E-state index contributed by atoms with van der Waals surface area (Å²) in [5, 5.41) is 16.0. The summed E-state index contributed by atoms with van der Waals surface area (Å²) < 4.78 is 1.72. The van der Waals surface area contributed by atoms with Crippen molar-refractivity contribution in [3.05, 3.63) is 47.7 Å². The zero-order valence-electron chi connectivity index (χ0n) is 14.6. The quantitative estimate of drug-likeness (QED) is 0.726. The Hall–Kier alpha value is -2.67. The highest BCUT2D eigenvalue weighted by Gasteiger charge is 2.14. The number of aliphatic carboxylic acids is 1. The van der Waals surface area contributed by atoms with Gasteiger partial charge in [0.05, 0.1) is 25.8 Å². The SMILES string of the molecule is CCCN(CC(=O)O)CC(=O)Nc1ccnn1Cc1cccc(C)c1. The van der Waals surface area contributed by atoms with E-state index in [9.17, 15) is 9.59 Å². The highest BCUT2D eigenvalue weighted by atomic mass is 16.4. The van der Waals surface area contributed by atoms with Crippen LogP contribution in [0.1, 0.15) is 24.5 Å². The average Bonchev–Trinajstić information content (AvgIpc) is 2.93. The maximum atomic E-state index is 12.2. The van der Waals surface area contributed by atoms with E-state index in [1.807, 2.05) is 32.0 Å². The molecular weight excluding hydrogens is 320 g/mol. The van der Waals surface area contributed by atoms with Crippen molar-refractivity contribution < 1.29 is 14.7 Å². The number of carbonyl (C=O) groups excluding carboxylic acids is 1. The van der Waals surface area contributed by atoms with Crippen LogP contribution in [-0.4, -0.2) is 51.3 Å². The van der Waals surface area contributed by atoms with Crippen molar-refractivity contribution in [3.8, 4) is 0 Å². The van der Waals surface area contributed by atoms with Gasteiger partial charge in [-0.2, -0.15) is 5.10 Å². The van der Waals surface area contributed by atoms with E-state index in [2.05, 4.69) is 16.5 Å². The molecule has 7 heteroatoms. The van der Waals surface area contributed by atoms with Crippen LogP contribution < -0.4 is 5.32 Å². The normalized spacial score (nSPS) is 10.8. The van der Waals surface area contributed by atoms with Crippen molar-refractivity contribution in [1.29, 1.82) is 0 Å². The van der Waals surface area contributed by atoms with Gasteiger partial charge in [0.1, 0.15) is 5.82 Å². The van der Waals surface area contributed by atoms with Crippen molar-refractivity contribution in [2.75, 3.05) is 25.0 Å². The predicted octanol–water partition coefficient (Wildman–Crippen LogP) is 1.97. The summed E-state index contributed by atoms with van der Waals surface area (Å²) in [6.07, 6.45) is 2.42. The van der Waals surface area contributed by atoms with E-state index < -0.39 is 5.97 Å². The maximum absolute atomic E-state index is 12.2. The molecule has 1 heterocycles. The molecule has 2 N–H and O–H groups in total. The summed E-state index contributed by atoms with van der Waals surface area (Å²) in [7, 11) is 0. The van der Waals surface area contributed by atoms with Gasteiger partial charge in [0, 0.05) is 6.07 Å². The van der Waals surface area contributed by atoms with Gasteiger partial charge in [-0.3, -0.25) is 14.5 Å². The second-order valence-electron chi connectivity index (χ2n) is 6.02. The lowest BCUT2D eigenvalue weighted by Crippen LogP contribution is -2.37. The number of aromatic nitrogens is 2. The molecule has 0 saturated carbocycles. The lowest BCUT2D eigenvalue weighted by atomic mass is 10.1. The Balaban J connectivity index is 1.99. The number of anilines is 1. The van der Waals surface area contributed by atoms with Gasteiger partial charge in [-0.1, -0.05) is 36.8 Å². The molecule has 0 aliphatic rings. The minimum atomic E-state index is -0.939. The summed E-state index contributed by atoms with van der Waals surface area (Å²) in [5.74, 6) is -0.593. The first kappa shape index (κ1) is 18.7. The fourth-order valence-corrected chi connectivity index (χ4v) is 2.66. The zero-order valence-corrected chi connectivity index (χ0v) is 14.6. The van der Waals surface area contributed by atoms with Crippen LogP contribution in [-0.2, 0) is 16.1 Å². The van der Waals surface area contributed by atoms with Gasteiger partial charge in [-0.25, -0.2) is 4.68 Å². The second kappa shape index (κ2) is 8.98. The number of carboxylic acids is 1. The molecule has 1 aromatic heterocycles. The number of amides is 1. The minimum absolute atomic E-state index is 0.0375. The lowest BCUT2D eigenvalue weighted by molar-refractivity contribution is -0.138. The molecule has 0 atom stereocenters. The average molecular weight is 344 g/mol. The van der Waals surface area contributed by atoms with Crippen LogP contribution in [0, 0.1) is 6.92 Å². The number of rotatable bonds is 9. The molecule has 0 bridgehead atoms. The lowest BCUT2D eigenvalue weighted by Gasteiger charge is -2.19. The number of carboxylic acid groups (broad SMARTS) is 1. The smallest absolute Gasteiger partial charge is 0.317 e. The molecule has 1 aromatic carbocycles. The van der Waals surface area contributed by atoms with Crippen molar-refractivity contribution in [2.24, 2.45) is 0 Å². The van der Waals surface area contributed by atoms with E-state index in [0.29, 0.717) is 18.9 Å². The second-order valence-corrected chi connectivity index (χ2v) is 6.02. The molecule has 2 aromatic rings. The Labute approximate surface area is 147 Å². The summed E-state index contributed by atoms with van der Waals surface area (Å²) in [5.41, 5.74) is 2.26. The topological polar surface area (TPSA) is 87.5 Å². The molecule has 0 spiro atoms. The number of aryl methyl sites for hydroxylation is 1. The van der Waals surface area contributed by atoms with Gasteiger partial charge in [0.25, 0.3) is 0 Å². The van der Waals surface area contributed by atoms with E-state index in [4.69, 9.17) is 5.11 Å². The van der Waals surface area contributed by atoms with Crippen LogP contribution in [0.5, 0.6) is 0 Å². The van der Waals surface area contributed by atoms with Gasteiger partial charge < -0.3 is 10.4 Å². The summed E-state index contributed by atoms with van der Waals surface area (Å²) in [6.45, 7) is 4.98. The number of carbonyl (C=O) groups is 2. The Bertz CT molecular complexity index is 727. The fourth-order valence-electron chi connectivity index (χ4n) is 2.66. The highest BCUT2D eigenvalue weighted by Crippen LogP contribution is 2.11. The zero-order chi connectivity index (χ0) is 18.2. The first-order valence-corrected chi connectivity index (χ1v) is 8.29. The van der Waals surface area contributed by atoms with Crippen molar-refractivity contribution in [2.45, 2.75) is 26.8 Å². The Morgan fingerprint density at radius 3 is 2.76 bits per heavy atom. The van der Waals surface area contributed by atoms with Gasteiger partial charge in [0.2, 0.25) is 5.91 Å². The molecule has 0 aliphatic carbocycles. The first-order chi connectivity index (χ1) is 12.0. The van der Waals surface area contributed by atoms with Crippen LogP contribution in [0.25, 0.3) is 0 Å². The predicted molar refractivity (Wildman–Crippen MR) is 95.5 cm³/mol. The van der Waals surface area contributed by atoms with E-state index in [-0.39, 0.29) is 19.0 Å². The third-order valence-corrected chi connectivity index (χ3v) is 3.66. The third-order valence-electron chi connectivity index (χ3n) is 3.66. The molecule has 0 radical (unpaired) electrons. The van der Waals surface area contributed by atoms with Crippen molar-refractivity contribution in [1.82, 2.24) is 14.7 Å². The molecule has 0 unspecified atom stereocenters. The maximum Gasteiger partial charge on any atom is 0.317 e. The number of hydrogen-bond donors (Lipinski definition) is 2. The Morgan fingerprint density at radius 2 is 2.08 bits per heavy atom. The van der Waals surface area contributed by atoms with Gasteiger partial charge in [-0.05, 0) is 25.5 Å². The van der Waals surface area contributed by atoms with Crippen LogP contribution in [0.15, 0.2) is 36.5 Å². The molecule has 25 heavy (non-hydrogen) atoms. The molecule has 0 aliphatic heterocycles. The number of nitrogens with one attached hydrogen (secondary N) is 1. The molecule has 0 fully saturated rings. The third kappa shape index (κ3) is 6.04. The molecule has 1 amide bonds. The van der Waals surface area contributed by atoms with E-state index in [1.54, 1.807) is 21.8 Å². The monoisotopic (exact) mass is 344 g/mol. The highest BCUT2D eigenvalue weighted by molar-refractivity contribution is 5.91. The number of hydrogen-bond acceptors (Lipinski definition) is 4. The van der Waals surface area contributed by atoms with Crippen LogP contribution in [0.4, 0.5) is 5.82 Å². The first-order valence-electron chi connectivity index (χ1n) is 8.29. The molecule has 2 rings (SSSR count). The molecule has 7 nitrogen and oxygen atoms in total. The van der Waals surface area contributed by atoms with Crippen molar-refractivity contribution >= 4 is 17.7 Å². The summed E-state index contributed by atoms with van der Waals surface area (Å²) >= 11 is 0. The standard InChI is InChI=1S/C18H24N4O3/c1-3-9-21(13-18(24)25)12-17(23)20-16-7-8-19-22(16)11-15-6-4-5-14(2)10-15/h4-8,10H,3,9,11-13H2,1-2H3,(H,20,23)(H,24,25). The number of benzene rings is 1. The Morgan fingerprint density at radius 1 is 1.28 bits per heavy atom. The van der Waals surface area contributed by atoms with E-state index in [1.165, 1.54) is 5.56 Å².